The number of nitrogens with zero attached hydrogens (tertiary/aromatic N) is 2. The van der Waals surface area contributed by atoms with Crippen LogP contribution in [0.2, 0.25) is 10.0 Å². The van der Waals surface area contributed by atoms with E-state index in [0.29, 0.717) is 17.3 Å². The number of aromatic nitrogens is 2. The van der Waals surface area contributed by atoms with Gasteiger partial charge in [0.2, 0.25) is 0 Å². The van der Waals surface area contributed by atoms with E-state index in [1.807, 2.05) is 18.2 Å². The first-order valence-electron chi connectivity index (χ1n) is 5.88. The average Bonchev–Trinajstić information content (AvgIpc) is 2.42. The number of anilines is 1. The van der Waals surface area contributed by atoms with Gasteiger partial charge in [0, 0.05) is 23.1 Å². The van der Waals surface area contributed by atoms with E-state index in [0.717, 1.165) is 16.5 Å². The van der Waals surface area contributed by atoms with Crippen molar-refractivity contribution in [3.8, 4) is 0 Å². The highest BCUT2D eigenvalue weighted by molar-refractivity contribution is 9.10. The summed E-state index contributed by atoms with van der Waals surface area (Å²) in [4.78, 5) is 11.6. The van der Waals surface area contributed by atoms with E-state index in [2.05, 4.69) is 26.3 Å². The zero-order valence-electron chi connectivity index (χ0n) is 10.7. The van der Waals surface area contributed by atoms with Crippen molar-refractivity contribution < 1.29 is 0 Å². The zero-order valence-corrected chi connectivity index (χ0v) is 13.8. The van der Waals surface area contributed by atoms with Crippen LogP contribution in [0.3, 0.4) is 0 Å². The number of halogens is 3. The maximum Gasteiger partial charge on any atom is 0.287 e. The summed E-state index contributed by atoms with van der Waals surface area (Å²) in [5, 5.41) is 7.87. The number of aryl methyl sites for hydroxylation is 1. The smallest absolute Gasteiger partial charge is 0.287 e. The summed E-state index contributed by atoms with van der Waals surface area (Å²) in [7, 11) is 1.56. The van der Waals surface area contributed by atoms with Crippen LogP contribution in [0.25, 0.3) is 0 Å². The number of benzene rings is 1. The fourth-order valence-electron chi connectivity index (χ4n) is 1.70. The number of nitrogens with one attached hydrogen (secondary N) is 1. The third kappa shape index (κ3) is 3.53. The molecular formula is C13H12BrCl2N3O. The van der Waals surface area contributed by atoms with Gasteiger partial charge >= 0.3 is 0 Å². The van der Waals surface area contributed by atoms with Crippen LogP contribution in [-0.2, 0) is 13.5 Å². The Labute approximate surface area is 134 Å². The number of hydrogen-bond acceptors (Lipinski definition) is 3. The topological polar surface area (TPSA) is 46.9 Å². The summed E-state index contributed by atoms with van der Waals surface area (Å²) in [6.07, 6.45) is 2.28. The highest BCUT2D eigenvalue weighted by Crippen LogP contribution is 2.22. The maximum atomic E-state index is 11.6. The first-order chi connectivity index (χ1) is 9.49. The monoisotopic (exact) mass is 375 g/mol. The molecule has 0 saturated carbocycles. The summed E-state index contributed by atoms with van der Waals surface area (Å²) < 4.78 is 2.19. The first kappa shape index (κ1) is 15.4. The van der Waals surface area contributed by atoms with Crippen molar-refractivity contribution in [1.82, 2.24) is 9.78 Å². The van der Waals surface area contributed by atoms with Crippen molar-refractivity contribution in [2.75, 3.05) is 11.9 Å². The molecule has 0 atom stereocenters. The number of hydrogen-bond donors (Lipinski definition) is 1. The molecule has 20 heavy (non-hydrogen) atoms. The van der Waals surface area contributed by atoms with E-state index in [9.17, 15) is 4.79 Å². The van der Waals surface area contributed by atoms with Crippen LogP contribution in [0.5, 0.6) is 0 Å². The van der Waals surface area contributed by atoms with Crippen LogP contribution >= 0.6 is 39.1 Å². The third-order valence-electron chi connectivity index (χ3n) is 2.80. The van der Waals surface area contributed by atoms with E-state index in [-0.39, 0.29) is 10.6 Å². The van der Waals surface area contributed by atoms with Gasteiger partial charge in [-0.3, -0.25) is 4.79 Å². The molecule has 0 aliphatic carbocycles. The summed E-state index contributed by atoms with van der Waals surface area (Å²) in [6, 6.07) is 5.63. The molecule has 1 aromatic carbocycles. The molecule has 1 aromatic heterocycles. The second kappa shape index (κ2) is 6.61. The average molecular weight is 377 g/mol. The summed E-state index contributed by atoms with van der Waals surface area (Å²) >= 11 is 15.4. The molecule has 0 radical (unpaired) electrons. The largest absolute Gasteiger partial charge is 0.382 e. The minimum absolute atomic E-state index is 0.146. The molecule has 2 aromatic rings. The van der Waals surface area contributed by atoms with Crippen molar-refractivity contribution in [1.29, 1.82) is 0 Å². The SMILES string of the molecule is Cn1ncc(NCCc2cc(Cl)ccc2Br)c(Cl)c1=O. The van der Waals surface area contributed by atoms with E-state index < -0.39 is 0 Å². The summed E-state index contributed by atoms with van der Waals surface area (Å²) in [5.74, 6) is 0. The highest BCUT2D eigenvalue weighted by atomic mass is 79.9. The van der Waals surface area contributed by atoms with E-state index >= 15 is 0 Å². The van der Waals surface area contributed by atoms with Gasteiger partial charge in [-0.1, -0.05) is 39.1 Å². The molecule has 0 fully saturated rings. The van der Waals surface area contributed by atoms with Gasteiger partial charge in [-0.25, -0.2) is 4.68 Å². The fraction of sp³-hybridized carbons (Fsp3) is 0.231. The van der Waals surface area contributed by atoms with Crippen LogP contribution in [0.1, 0.15) is 5.56 Å². The Morgan fingerprint density at radius 3 is 2.90 bits per heavy atom. The van der Waals surface area contributed by atoms with Crippen molar-refractivity contribution in [3.63, 3.8) is 0 Å². The van der Waals surface area contributed by atoms with Gasteiger partial charge in [0.1, 0.15) is 5.02 Å². The molecule has 106 valence electrons. The molecular weight excluding hydrogens is 365 g/mol. The summed E-state index contributed by atoms with van der Waals surface area (Å²) in [6.45, 7) is 0.619. The predicted molar refractivity (Wildman–Crippen MR) is 85.8 cm³/mol. The van der Waals surface area contributed by atoms with Crippen LogP contribution < -0.4 is 10.9 Å². The minimum Gasteiger partial charge on any atom is -0.382 e. The first-order valence-corrected chi connectivity index (χ1v) is 7.43. The van der Waals surface area contributed by atoms with Crippen molar-refractivity contribution in [2.24, 2.45) is 7.05 Å². The molecule has 7 heteroatoms. The molecule has 1 heterocycles. The Balaban J connectivity index is 2.05. The lowest BCUT2D eigenvalue weighted by Crippen LogP contribution is -2.21. The molecule has 0 amide bonds. The third-order valence-corrected chi connectivity index (χ3v) is 4.17. The fourth-order valence-corrected chi connectivity index (χ4v) is 2.58. The Hall–Kier alpha value is -1.04. The molecule has 0 saturated heterocycles. The Kier molecular flexibility index (Phi) is 5.07. The molecule has 0 spiro atoms. The van der Waals surface area contributed by atoms with Crippen LogP contribution in [0, 0.1) is 0 Å². The van der Waals surface area contributed by atoms with Gasteiger partial charge in [-0.2, -0.15) is 5.10 Å². The van der Waals surface area contributed by atoms with Gasteiger partial charge in [0.25, 0.3) is 5.56 Å². The van der Waals surface area contributed by atoms with E-state index in [1.165, 1.54) is 10.9 Å². The standard InChI is InChI=1S/C13H12BrCl2N3O/c1-19-13(20)12(16)11(7-18-19)17-5-4-8-6-9(15)2-3-10(8)14/h2-3,6-7,17H,4-5H2,1H3. The Morgan fingerprint density at radius 1 is 1.40 bits per heavy atom. The maximum absolute atomic E-state index is 11.6. The van der Waals surface area contributed by atoms with Crippen molar-refractivity contribution in [3.05, 3.63) is 54.8 Å². The van der Waals surface area contributed by atoms with Gasteiger partial charge < -0.3 is 5.32 Å². The quantitative estimate of drug-likeness (QED) is 0.888. The molecule has 1 N–H and O–H groups in total. The van der Waals surface area contributed by atoms with Crippen LogP contribution in [0.15, 0.2) is 33.7 Å². The normalized spacial score (nSPS) is 10.6. The van der Waals surface area contributed by atoms with E-state index in [4.69, 9.17) is 23.2 Å². The van der Waals surface area contributed by atoms with Crippen molar-refractivity contribution >= 4 is 44.8 Å². The Morgan fingerprint density at radius 2 is 2.15 bits per heavy atom. The molecule has 0 aliphatic rings. The second-order valence-electron chi connectivity index (χ2n) is 4.21. The van der Waals surface area contributed by atoms with Gasteiger partial charge in [-0.15, -0.1) is 0 Å². The molecule has 2 rings (SSSR count). The molecule has 0 unspecified atom stereocenters. The van der Waals surface area contributed by atoms with Gasteiger partial charge in [0.15, 0.2) is 0 Å². The lowest BCUT2D eigenvalue weighted by Gasteiger charge is -2.09. The van der Waals surface area contributed by atoms with Crippen molar-refractivity contribution in [2.45, 2.75) is 6.42 Å². The van der Waals surface area contributed by atoms with Crippen LogP contribution in [0.4, 0.5) is 5.69 Å². The lowest BCUT2D eigenvalue weighted by atomic mass is 10.1. The van der Waals surface area contributed by atoms with E-state index in [1.54, 1.807) is 7.05 Å². The predicted octanol–water partition coefficient (Wildman–Crippen LogP) is 3.50. The highest BCUT2D eigenvalue weighted by Gasteiger charge is 2.07. The minimum atomic E-state index is -0.319. The molecule has 0 aliphatic heterocycles. The van der Waals surface area contributed by atoms with Gasteiger partial charge in [-0.05, 0) is 30.2 Å². The lowest BCUT2D eigenvalue weighted by molar-refractivity contribution is 0.708. The Bertz CT molecular complexity index is 688. The number of rotatable bonds is 4. The second-order valence-corrected chi connectivity index (χ2v) is 5.88. The molecule has 0 bridgehead atoms. The molecule has 4 nitrogen and oxygen atoms in total. The van der Waals surface area contributed by atoms with Crippen LogP contribution in [-0.4, -0.2) is 16.3 Å². The zero-order chi connectivity index (χ0) is 14.7. The summed E-state index contributed by atoms with van der Waals surface area (Å²) in [5.41, 5.74) is 1.30. The van der Waals surface area contributed by atoms with Gasteiger partial charge in [0.05, 0.1) is 11.9 Å².